The predicted molar refractivity (Wildman–Crippen MR) is 140 cm³/mol. The second-order valence-electron chi connectivity index (χ2n) is 10.1. The van der Waals surface area contributed by atoms with E-state index in [9.17, 15) is 55.9 Å². The van der Waals surface area contributed by atoms with E-state index in [0.717, 1.165) is 12.1 Å². The van der Waals surface area contributed by atoms with Gasteiger partial charge in [0.1, 0.15) is 77.0 Å². The van der Waals surface area contributed by atoms with E-state index in [2.05, 4.69) is 0 Å². The Labute approximate surface area is 241 Å². The Balaban J connectivity index is 1.37. The van der Waals surface area contributed by atoms with E-state index in [1.165, 1.54) is 24.3 Å². The minimum Gasteiger partial charge on any atom is -0.508 e. The molecule has 10 atom stereocenters. The molecular formula is C27H30O16. The molecule has 0 unspecified atom stereocenters. The molecule has 0 bridgehead atoms. The number of rotatable bonds is 7. The second kappa shape index (κ2) is 12.2. The standard InChI is InChI=1S/C27H30O16/c28-7-14-17(31)20(34)23(37)26(42-14)39-8-15-18(32)21(35)24(38)27(43-15)40-11-5-12(30)16-13(6-11)41-25(22(36)19(16)33)9-1-3-10(29)4-2-9/h1-6,14-15,17-18,20-21,23-24,26-32,34-38H,7-8H2/t14-,15-,17-,18-,20+,21+,23-,24-,26+,27-/m1/s1. The normalized spacial score (nSPS) is 33.0. The van der Waals surface area contributed by atoms with Gasteiger partial charge in [0.25, 0.3) is 0 Å². The number of benzene rings is 2. The Hall–Kier alpha value is -3.55. The average Bonchev–Trinajstić information content (AvgIpc) is 2.98. The first kappa shape index (κ1) is 30.9. The van der Waals surface area contributed by atoms with Crippen LogP contribution in [0.15, 0.2) is 45.6 Å². The van der Waals surface area contributed by atoms with Crippen LogP contribution in [0.5, 0.6) is 23.0 Å². The summed E-state index contributed by atoms with van der Waals surface area (Å²) in [5.41, 5.74) is -0.981. The van der Waals surface area contributed by atoms with Crippen molar-refractivity contribution >= 4 is 11.0 Å². The van der Waals surface area contributed by atoms with Crippen molar-refractivity contribution < 1.29 is 74.4 Å². The third-order valence-electron chi connectivity index (χ3n) is 7.25. The van der Waals surface area contributed by atoms with Gasteiger partial charge in [-0.25, -0.2) is 0 Å². The zero-order valence-corrected chi connectivity index (χ0v) is 22.1. The highest BCUT2D eigenvalue weighted by Crippen LogP contribution is 2.37. The van der Waals surface area contributed by atoms with E-state index in [0.29, 0.717) is 0 Å². The number of hydrogen-bond acceptors (Lipinski definition) is 16. The molecule has 3 aromatic rings. The van der Waals surface area contributed by atoms with Crippen LogP contribution in [0, 0.1) is 0 Å². The lowest BCUT2D eigenvalue weighted by atomic mass is 9.98. The lowest BCUT2D eigenvalue weighted by Crippen LogP contribution is -2.62. The van der Waals surface area contributed by atoms with Crippen LogP contribution in [0.4, 0.5) is 0 Å². The fourth-order valence-electron chi connectivity index (χ4n) is 4.82. The highest BCUT2D eigenvalue weighted by molar-refractivity contribution is 5.88. The number of fused-ring (bicyclic) bond motifs is 1. The molecule has 1 aromatic heterocycles. The minimum absolute atomic E-state index is 0.0741. The smallest absolute Gasteiger partial charge is 0.238 e. The largest absolute Gasteiger partial charge is 0.508 e. The predicted octanol–water partition coefficient (Wildman–Crippen LogP) is -2.42. The summed E-state index contributed by atoms with van der Waals surface area (Å²) in [5, 5.41) is 101. The van der Waals surface area contributed by atoms with Gasteiger partial charge in [-0.2, -0.15) is 0 Å². The zero-order chi connectivity index (χ0) is 31.2. The molecule has 2 aromatic carbocycles. The van der Waals surface area contributed by atoms with Gasteiger partial charge in [0, 0.05) is 17.7 Å². The lowest BCUT2D eigenvalue weighted by Gasteiger charge is -2.42. The van der Waals surface area contributed by atoms with Crippen LogP contribution in [0.2, 0.25) is 0 Å². The first-order valence-electron chi connectivity index (χ1n) is 13.0. The van der Waals surface area contributed by atoms with Crippen LogP contribution < -0.4 is 10.2 Å². The van der Waals surface area contributed by atoms with Gasteiger partial charge in [0.2, 0.25) is 17.5 Å². The Morgan fingerprint density at radius 2 is 1.35 bits per heavy atom. The van der Waals surface area contributed by atoms with Gasteiger partial charge in [-0.15, -0.1) is 0 Å². The first-order chi connectivity index (χ1) is 20.4. The Bertz CT molecular complexity index is 1490. The van der Waals surface area contributed by atoms with Crippen LogP contribution >= 0.6 is 0 Å². The molecule has 5 rings (SSSR count). The third-order valence-corrected chi connectivity index (χ3v) is 7.25. The summed E-state index contributed by atoms with van der Waals surface area (Å²) in [6.07, 6.45) is -16.5. The highest BCUT2D eigenvalue weighted by Gasteiger charge is 2.48. The van der Waals surface area contributed by atoms with E-state index in [4.69, 9.17) is 23.4 Å². The van der Waals surface area contributed by atoms with Crippen molar-refractivity contribution in [1.29, 1.82) is 0 Å². The van der Waals surface area contributed by atoms with Crippen LogP contribution in [-0.2, 0) is 14.2 Å². The number of aliphatic hydroxyl groups excluding tert-OH is 7. The van der Waals surface area contributed by atoms with Crippen LogP contribution in [0.3, 0.4) is 0 Å². The van der Waals surface area contributed by atoms with Crippen molar-refractivity contribution in [3.05, 3.63) is 46.6 Å². The van der Waals surface area contributed by atoms with Crippen molar-refractivity contribution in [2.75, 3.05) is 13.2 Å². The van der Waals surface area contributed by atoms with Crippen molar-refractivity contribution in [1.82, 2.24) is 0 Å². The summed E-state index contributed by atoms with van der Waals surface area (Å²) in [6, 6.07) is 7.47. The lowest BCUT2D eigenvalue weighted by molar-refractivity contribution is -0.323. The maximum absolute atomic E-state index is 12.8. The Morgan fingerprint density at radius 3 is 2.00 bits per heavy atom. The van der Waals surface area contributed by atoms with E-state index >= 15 is 0 Å². The fourth-order valence-corrected chi connectivity index (χ4v) is 4.82. The number of hydrogen-bond donors (Lipinski definition) is 10. The minimum atomic E-state index is -1.84. The number of aliphatic hydroxyl groups is 7. The molecule has 2 saturated heterocycles. The molecule has 43 heavy (non-hydrogen) atoms. The van der Waals surface area contributed by atoms with Crippen molar-refractivity contribution in [3.8, 4) is 34.3 Å². The quantitative estimate of drug-likeness (QED) is 0.133. The molecule has 2 aliphatic rings. The summed E-state index contributed by atoms with van der Waals surface area (Å²) >= 11 is 0. The van der Waals surface area contributed by atoms with Gasteiger partial charge >= 0.3 is 0 Å². The molecule has 2 aliphatic heterocycles. The summed E-state index contributed by atoms with van der Waals surface area (Å²) in [5.74, 6) is -2.03. The topological polar surface area (TPSA) is 269 Å². The molecule has 16 heteroatoms. The highest BCUT2D eigenvalue weighted by atomic mass is 16.7. The molecule has 0 amide bonds. The number of aromatic hydroxyl groups is 3. The van der Waals surface area contributed by atoms with Crippen LogP contribution in [-0.4, -0.2) is 126 Å². The molecule has 234 valence electrons. The van der Waals surface area contributed by atoms with Crippen molar-refractivity contribution in [2.45, 2.75) is 61.4 Å². The zero-order valence-electron chi connectivity index (χ0n) is 22.1. The van der Waals surface area contributed by atoms with Gasteiger partial charge in [-0.1, -0.05) is 0 Å². The molecular weight excluding hydrogens is 580 g/mol. The third kappa shape index (κ3) is 5.85. The van der Waals surface area contributed by atoms with Crippen LogP contribution in [0.1, 0.15) is 0 Å². The summed E-state index contributed by atoms with van der Waals surface area (Å²) < 4.78 is 27.5. The van der Waals surface area contributed by atoms with Gasteiger partial charge in [0.15, 0.2) is 12.1 Å². The fraction of sp³-hybridized carbons (Fsp3) is 0.444. The molecule has 16 nitrogen and oxygen atoms in total. The molecule has 2 fully saturated rings. The van der Waals surface area contributed by atoms with E-state index < -0.39 is 96.9 Å². The van der Waals surface area contributed by atoms with Crippen LogP contribution in [0.25, 0.3) is 22.3 Å². The Morgan fingerprint density at radius 1 is 0.744 bits per heavy atom. The summed E-state index contributed by atoms with van der Waals surface area (Å²) in [7, 11) is 0. The number of phenolic OH excluding ortho intramolecular Hbond substituents is 2. The van der Waals surface area contributed by atoms with E-state index in [1.54, 1.807) is 0 Å². The van der Waals surface area contributed by atoms with Gasteiger partial charge in [0.05, 0.1) is 13.2 Å². The average molecular weight is 611 g/mol. The second-order valence-corrected chi connectivity index (χ2v) is 10.1. The van der Waals surface area contributed by atoms with E-state index in [-0.39, 0.29) is 28.4 Å². The summed E-state index contributed by atoms with van der Waals surface area (Å²) in [6.45, 7) is -1.30. The molecule has 0 saturated carbocycles. The van der Waals surface area contributed by atoms with Gasteiger partial charge < -0.3 is 74.4 Å². The van der Waals surface area contributed by atoms with Gasteiger partial charge in [-0.05, 0) is 24.3 Å². The molecule has 0 aliphatic carbocycles. The maximum atomic E-state index is 12.8. The maximum Gasteiger partial charge on any atom is 0.238 e. The van der Waals surface area contributed by atoms with Crippen molar-refractivity contribution in [3.63, 3.8) is 0 Å². The number of phenols is 2. The van der Waals surface area contributed by atoms with Gasteiger partial charge in [-0.3, -0.25) is 4.79 Å². The molecule has 0 spiro atoms. The SMILES string of the molecule is O=c1c(O)c(-c2ccc(O)cc2)oc2cc(O[C@@H]3O[C@H](CO[C@H]4O[C@H](CO)[C@@H](O)[C@H](O)[C@H]4O)[C@@H](O)[C@H](O)[C@H]3O)cc(O)c12. The summed E-state index contributed by atoms with van der Waals surface area (Å²) in [4.78, 5) is 12.8. The molecule has 10 N–H and O–H groups in total. The number of ether oxygens (including phenoxy) is 4. The first-order valence-corrected chi connectivity index (χ1v) is 13.0. The monoisotopic (exact) mass is 610 g/mol. The Kier molecular flexibility index (Phi) is 8.77. The van der Waals surface area contributed by atoms with E-state index in [1.807, 2.05) is 0 Å². The molecule has 0 radical (unpaired) electrons. The molecule has 3 heterocycles. The van der Waals surface area contributed by atoms with Crippen molar-refractivity contribution in [2.24, 2.45) is 0 Å².